The van der Waals surface area contributed by atoms with E-state index < -0.39 is 0 Å². The van der Waals surface area contributed by atoms with Gasteiger partial charge in [0.2, 0.25) is 0 Å². The Morgan fingerprint density at radius 3 is 2.48 bits per heavy atom. The van der Waals surface area contributed by atoms with Crippen LogP contribution in [0.2, 0.25) is 0 Å². The minimum atomic E-state index is 0.287. The highest BCUT2D eigenvalue weighted by Crippen LogP contribution is 2.49. The molecule has 2 N–H and O–H groups in total. The topological polar surface area (TPSA) is 29.3 Å². The van der Waals surface area contributed by atoms with Gasteiger partial charge in [0.05, 0.1) is 0 Å². The molecule has 2 nitrogen and oxygen atoms in total. The zero-order valence-corrected chi connectivity index (χ0v) is 14.5. The third kappa shape index (κ3) is 3.17. The standard InChI is InChI=1S/C19H36N2/c1-18(2)7-4-8-19(14-20,10-9-18)21(3)13-17-12-15-5-6-16(17)11-15/h15-17H,4-14,20H2,1-3H3. The van der Waals surface area contributed by atoms with E-state index in [1.807, 2.05) is 0 Å². The number of rotatable bonds is 4. The summed E-state index contributed by atoms with van der Waals surface area (Å²) >= 11 is 0. The van der Waals surface area contributed by atoms with Crippen molar-refractivity contribution in [2.45, 2.75) is 77.2 Å². The van der Waals surface area contributed by atoms with E-state index in [9.17, 15) is 0 Å². The highest BCUT2D eigenvalue weighted by molar-refractivity contribution is 4.98. The summed E-state index contributed by atoms with van der Waals surface area (Å²) in [6.07, 6.45) is 12.7. The molecular weight excluding hydrogens is 256 g/mol. The lowest BCUT2D eigenvalue weighted by molar-refractivity contribution is 0.0742. The molecule has 3 aliphatic rings. The van der Waals surface area contributed by atoms with Gasteiger partial charge in [-0.2, -0.15) is 0 Å². The van der Waals surface area contributed by atoms with E-state index in [4.69, 9.17) is 5.73 Å². The molecule has 122 valence electrons. The van der Waals surface area contributed by atoms with E-state index in [2.05, 4.69) is 25.8 Å². The van der Waals surface area contributed by atoms with Crippen LogP contribution < -0.4 is 5.73 Å². The van der Waals surface area contributed by atoms with Crippen molar-refractivity contribution in [2.24, 2.45) is 28.9 Å². The van der Waals surface area contributed by atoms with Crippen molar-refractivity contribution in [3.8, 4) is 0 Å². The second-order valence-electron chi connectivity index (χ2n) is 9.26. The van der Waals surface area contributed by atoms with Gasteiger partial charge < -0.3 is 5.73 Å². The molecule has 3 aliphatic carbocycles. The van der Waals surface area contributed by atoms with Crippen molar-refractivity contribution in [3.05, 3.63) is 0 Å². The van der Waals surface area contributed by atoms with Crippen LogP contribution in [-0.4, -0.2) is 30.6 Å². The normalized spacial score (nSPS) is 42.4. The molecule has 0 saturated heterocycles. The third-order valence-corrected chi connectivity index (χ3v) is 7.35. The molecule has 3 saturated carbocycles. The molecule has 0 amide bonds. The Morgan fingerprint density at radius 2 is 1.86 bits per heavy atom. The van der Waals surface area contributed by atoms with Crippen molar-refractivity contribution in [1.29, 1.82) is 0 Å². The molecule has 2 bridgehead atoms. The summed E-state index contributed by atoms with van der Waals surface area (Å²) in [6.45, 7) is 7.03. The lowest BCUT2D eigenvalue weighted by atomic mass is 9.82. The van der Waals surface area contributed by atoms with Gasteiger partial charge in [-0.05, 0) is 75.2 Å². The van der Waals surface area contributed by atoms with Crippen LogP contribution in [0.5, 0.6) is 0 Å². The van der Waals surface area contributed by atoms with Gasteiger partial charge in [0, 0.05) is 18.6 Å². The molecule has 0 aromatic rings. The van der Waals surface area contributed by atoms with Crippen molar-refractivity contribution >= 4 is 0 Å². The number of hydrogen-bond donors (Lipinski definition) is 1. The molecule has 0 aromatic carbocycles. The van der Waals surface area contributed by atoms with E-state index in [1.54, 1.807) is 0 Å². The van der Waals surface area contributed by atoms with Crippen molar-refractivity contribution in [3.63, 3.8) is 0 Å². The van der Waals surface area contributed by atoms with E-state index in [-0.39, 0.29) is 5.54 Å². The maximum Gasteiger partial charge on any atom is 0.0329 e. The first-order chi connectivity index (χ1) is 9.94. The van der Waals surface area contributed by atoms with E-state index >= 15 is 0 Å². The zero-order chi connectivity index (χ0) is 15.1. The van der Waals surface area contributed by atoms with Crippen LogP contribution in [0.25, 0.3) is 0 Å². The highest BCUT2D eigenvalue weighted by Gasteiger charge is 2.43. The Labute approximate surface area is 131 Å². The number of likely N-dealkylation sites (N-methyl/N-ethyl adjacent to an activating group) is 1. The maximum atomic E-state index is 6.31. The first-order valence-electron chi connectivity index (χ1n) is 9.35. The quantitative estimate of drug-likeness (QED) is 0.792. The average molecular weight is 293 g/mol. The molecule has 4 unspecified atom stereocenters. The van der Waals surface area contributed by atoms with Crippen LogP contribution in [-0.2, 0) is 0 Å². The van der Waals surface area contributed by atoms with Gasteiger partial charge in [0.1, 0.15) is 0 Å². The summed E-state index contributed by atoms with van der Waals surface area (Å²) in [7, 11) is 2.37. The van der Waals surface area contributed by atoms with Gasteiger partial charge in [-0.1, -0.05) is 26.7 Å². The summed E-state index contributed by atoms with van der Waals surface area (Å²) in [5.41, 5.74) is 7.11. The Bertz CT molecular complexity index is 365. The van der Waals surface area contributed by atoms with Crippen LogP contribution >= 0.6 is 0 Å². The van der Waals surface area contributed by atoms with Crippen LogP contribution in [0.4, 0.5) is 0 Å². The molecule has 0 radical (unpaired) electrons. The first-order valence-corrected chi connectivity index (χ1v) is 9.35. The first kappa shape index (κ1) is 15.8. The second kappa shape index (κ2) is 5.85. The summed E-state index contributed by atoms with van der Waals surface area (Å²) in [5.74, 6) is 3.07. The minimum absolute atomic E-state index is 0.287. The Balaban J connectivity index is 1.64. The van der Waals surface area contributed by atoms with Gasteiger partial charge in [0.15, 0.2) is 0 Å². The number of fused-ring (bicyclic) bond motifs is 2. The predicted molar refractivity (Wildman–Crippen MR) is 90.2 cm³/mol. The molecule has 3 fully saturated rings. The Hall–Kier alpha value is -0.0800. The fourth-order valence-electron chi connectivity index (χ4n) is 5.60. The predicted octanol–water partition coefficient (Wildman–Crippen LogP) is 4.04. The summed E-state index contributed by atoms with van der Waals surface area (Å²) in [6, 6.07) is 0. The van der Waals surface area contributed by atoms with Crippen molar-refractivity contribution < 1.29 is 0 Å². The van der Waals surface area contributed by atoms with E-state index in [1.165, 1.54) is 64.3 Å². The molecule has 4 atom stereocenters. The van der Waals surface area contributed by atoms with Gasteiger partial charge in [-0.25, -0.2) is 0 Å². The third-order valence-electron chi connectivity index (χ3n) is 7.35. The molecular formula is C19H36N2. The van der Waals surface area contributed by atoms with Crippen LogP contribution in [0.3, 0.4) is 0 Å². The van der Waals surface area contributed by atoms with Gasteiger partial charge in [0.25, 0.3) is 0 Å². The molecule has 0 aliphatic heterocycles. The summed E-state index contributed by atoms with van der Waals surface area (Å²) in [5, 5.41) is 0. The second-order valence-corrected chi connectivity index (χ2v) is 9.26. The SMILES string of the molecule is CN(CC1CC2CCC1C2)C1(CN)CCCC(C)(C)CC1. The van der Waals surface area contributed by atoms with E-state index in [0.29, 0.717) is 5.41 Å². The highest BCUT2D eigenvalue weighted by atomic mass is 15.2. The number of nitrogens with zero attached hydrogens (tertiary/aromatic N) is 1. The lowest BCUT2D eigenvalue weighted by Gasteiger charge is -2.43. The smallest absolute Gasteiger partial charge is 0.0329 e. The van der Waals surface area contributed by atoms with Gasteiger partial charge in [-0.3, -0.25) is 4.90 Å². The fraction of sp³-hybridized carbons (Fsp3) is 1.00. The largest absolute Gasteiger partial charge is 0.329 e. The van der Waals surface area contributed by atoms with Gasteiger partial charge >= 0.3 is 0 Å². The number of nitrogens with two attached hydrogens (primary N) is 1. The van der Waals surface area contributed by atoms with Crippen molar-refractivity contribution in [2.75, 3.05) is 20.1 Å². The lowest BCUT2D eigenvalue weighted by Crippen LogP contribution is -2.53. The summed E-state index contributed by atoms with van der Waals surface area (Å²) in [4.78, 5) is 2.69. The van der Waals surface area contributed by atoms with Crippen LogP contribution in [0.1, 0.15) is 71.6 Å². The summed E-state index contributed by atoms with van der Waals surface area (Å²) < 4.78 is 0. The van der Waals surface area contributed by atoms with Gasteiger partial charge in [-0.15, -0.1) is 0 Å². The molecule has 0 spiro atoms. The number of hydrogen-bond acceptors (Lipinski definition) is 2. The zero-order valence-electron chi connectivity index (χ0n) is 14.5. The van der Waals surface area contributed by atoms with Crippen LogP contribution in [0, 0.1) is 23.2 Å². The molecule has 21 heavy (non-hydrogen) atoms. The maximum absolute atomic E-state index is 6.31. The van der Waals surface area contributed by atoms with Crippen LogP contribution in [0.15, 0.2) is 0 Å². The Morgan fingerprint density at radius 1 is 1.05 bits per heavy atom. The monoisotopic (exact) mass is 292 g/mol. The molecule has 2 heteroatoms. The fourth-order valence-corrected chi connectivity index (χ4v) is 5.60. The van der Waals surface area contributed by atoms with E-state index in [0.717, 1.165) is 24.3 Å². The minimum Gasteiger partial charge on any atom is -0.329 e. The molecule has 0 aromatic heterocycles. The Kier molecular flexibility index (Phi) is 4.40. The average Bonchev–Trinajstić information content (AvgIpc) is 3.00. The molecule has 3 rings (SSSR count). The van der Waals surface area contributed by atoms with Crippen molar-refractivity contribution in [1.82, 2.24) is 4.90 Å². The molecule has 0 heterocycles.